The minimum Gasteiger partial charge on any atom is -0.513 e. The maximum atomic E-state index is 9.30. The van der Waals surface area contributed by atoms with Crippen molar-refractivity contribution < 1.29 is 5.11 Å². The molecule has 0 aliphatic carbocycles. The quantitative estimate of drug-likeness (QED) is 0.288. The van der Waals surface area contributed by atoms with Crippen LogP contribution < -0.4 is 0 Å². The molecule has 0 fully saturated rings. The van der Waals surface area contributed by atoms with Crippen molar-refractivity contribution in [3.63, 3.8) is 0 Å². The summed E-state index contributed by atoms with van der Waals surface area (Å²) in [6.45, 7) is 6.53. The third-order valence-corrected chi connectivity index (χ3v) is 3.80. The van der Waals surface area contributed by atoms with E-state index in [2.05, 4.69) is 13.8 Å². The standard InChI is InChI=1S/C18H36O/c1-4-18(19)16-14-12-10-8-6-5-7-9-11-13-15-17(2)3/h4,17,19H,5-16H2,1-3H3. The summed E-state index contributed by atoms with van der Waals surface area (Å²) in [7, 11) is 0. The number of aliphatic hydroxyl groups excluding tert-OH is 1. The first-order chi connectivity index (χ1) is 9.16. The monoisotopic (exact) mass is 268 g/mol. The van der Waals surface area contributed by atoms with E-state index in [4.69, 9.17) is 0 Å². The lowest BCUT2D eigenvalue weighted by molar-refractivity contribution is 0.379. The van der Waals surface area contributed by atoms with Gasteiger partial charge in [-0.2, -0.15) is 0 Å². The van der Waals surface area contributed by atoms with Gasteiger partial charge in [0.2, 0.25) is 0 Å². The lowest BCUT2D eigenvalue weighted by atomic mass is 10.0. The summed E-state index contributed by atoms with van der Waals surface area (Å²) in [5.41, 5.74) is 0. The number of aliphatic hydroxyl groups is 1. The van der Waals surface area contributed by atoms with Crippen LogP contribution in [0.2, 0.25) is 0 Å². The number of rotatable bonds is 13. The molecule has 0 radical (unpaired) electrons. The van der Waals surface area contributed by atoms with Crippen molar-refractivity contribution in [1.82, 2.24) is 0 Å². The molecule has 0 aliphatic rings. The fraction of sp³-hybridized carbons (Fsp3) is 0.889. The lowest BCUT2D eigenvalue weighted by Gasteiger charge is -2.04. The van der Waals surface area contributed by atoms with Crippen LogP contribution in [-0.4, -0.2) is 5.11 Å². The van der Waals surface area contributed by atoms with Gasteiger partial charge in [0.25, 0.3) is 0 Å². The second-order valence-corrected chi connectivity index (χ2v) is 6.25. The molecule has 1 N–H and O–H groups in total. The summed E-state index contributed by atoms with van der Waals surface area (Å²) >= 11 is 0. The van der Waals surface area contributed by atoms with E-state index in [-0.39, 0.29) is 0 Å². The molecule has 0 bridgehead atoms. The molecule has 0 heterocycles. The molecular weight excluding hydrogens is 232 g/mol. The molecule has 114 valence electrons. The molecule has 0 amide bonds. The molecule has 1 heteroatoms. The molecule has 0 saturated heterocycles. The molecule has 0 atom stereocenters. The zero-order chi connectivity index (χ0) is 14.3. The largest absolute Gasteiger partial charge is 0.513 e. The van der Waals surface area contributed by atoms with E-state index in [9.17, 15) is 5.11 Å². The molecule has 0 aromatic heterocycles. The van der Waals surface area contributed by atoms with Crippen LogP contribution in [0, 0.1) is 5.92 Å². The van der Waals surface area contributed by atoms with Gasteiger partial charge in [-0.3, -0.25) is 0 Å². The first kappa shape index (κ1) is 18.5. The average molecular weight is 268 g/mol. The Balaban J connectivity index is 3.03. The topological polar surface area (TPSA) is 20.2 Å². The normalized spacial score (nSPS) is 12.3. The highest BCUT2D eigenvalue weighted by Gasteiger charge is 1.96. The van der Waals surface area contributed by atoms with Gasteiger partial charge in [-0.15, -0.1) is 0 Å². The zero-order valence-electron chi connectivity index (χ0n) is 13.6. The molecule has 0 rings (SSSR count). The Morgan fingerprint density at radius 1 is 0.789 bits per heavy atom. The Kier molecular flexibility index (Phi) is 13.6. The second kappa shape index (κ2) is 14.0. The van der Waals surface area contributed by atoms with Gasteiger partial charge in [0.1, 0.15) is 0 Å². The highest BCUT2D eigenvalue weighted by atomic mass is 16.3. The second-order valence-electron chi connectivity index (χ2n) is 6.25. The third kappa shape index (κ3) is 15.5. The molecule has 0 aromatic carbocycles. The van der Waals surface area contributed by atoms with E-state index >= 15 is 0 Å². The van der Waals surface area contributed by atoms with Crippen molar-refractivity contribution in [3.8, 4) is 0 Å². The fourth-order valence-electron chi connectivity index (χ4n) is 2.42. The van der Waals surface area contributed by atoms with E-state index in [0.29, 0.717) is 5.76 Å². The van der Waals surface area contributed by atoms with Crippen LogP contribution in [0.15, 0.2) is 11.8 Å². The van der Waals surface area contributed by atoms with E-state index in [0.717, 1.165) is 18.8 Å². The van der Waals surface area contributed by atoms with Crippen molar-refractivity contribution in [2.75, 3.05) is 0 Å². The molecule has 19 heavy (non-hydrogen) atoms. The van der Waals surface area contributed by atoms with Crippen molar-refractivity contribution >= 4 is 0 Å². The fourth-order valence-corrected chi connectivity index (χ4v) is 2.42. The summed E-state index contributed by atoms with van der Waals surface area (Å²) in [6.07, 6.45) is 17.7. The van der Waals surface area contributed by atoms with Crippen LogP contribution in [0.5, 0.6) is 0 Å². The number of allylic oxidation sites excluding steroid dienone is 2. The lowest BCUT2D eigenvalue weighted by Crippen LogP contribution is -1.87. The molecular formula is C18H36O. The minimum absolute atomic E-state index is 0.557. The van der Waals surface area contributed by atoms with Crippen molar-refractivity contribution in [3.05, 3.63) is 11.8 Å². The summed E-state index contributed by atoms with van der Waals surface area (Å²) in [5.74, 6) is 1.43. The number of hydrogen-bond acceptors (Lipinski definition) is 1. The van der Waals surface area contributed by atoms with Gasteiger partial charge in [-0.1, -0.05) is 78.1 Å². The molecule has 0 saturated carbocycles. The SMILES string of the molecule is CC=C(O)CCCCCCCCCCCCC(C)C. The van der Waals surface area contributed by atoms with E-state index < -0.39 is 0 Å². The molecule has 1 nitrogen and oxygen atoms in total. The summed E-state index contributed by atoms with van der Waals surface area (Å²) in [6, 6.07) is 0. The average Bonchev–Trinajstić information content (AvgIpc) is 2.39. The van der Waals surface area contributed by atoms with Gasteiger partial charge in [0, 0.05) is 6.42 Å². The first-order valence-electron chi connectivity index (χ1n) is 8.51. The predicted molar refractivity (Wildman–Crippen MR) is 86.6 cm³/mol. The van der Waals surface area contributed by atoms with Gasteiger partial charge in [0.15, 0.2) is 0 Å². The van der Waals surface area contributed by atoms with Gasteiger partial charge in [0.05, 0.1) is 5.76 Å². The van der Waals surface area contributed by atoms with Crippen LogP contribution in [0.3, 0.4) is 0 Å². The van der Waals surface area contributed by atoms with E-state index in [1.54, 1.807) is 6.08 Å². The first-order valence-corrected chi connectivity index (χ1v) is 8.51. The summed E-state index contributed by atoms with van der Waals surface area (Å²) in [5, 5.41) is 9.30. The Morgan fingerprint density at radius 3 is 1.63 bits per heavy atom. The summed E-state index contributed by atoms with van der Waals surface area (Å²) < 4.78 is 0. The minimum atomic E-state index is 0.557. The van der Waals surface area contributed by atoms with E-state index in [1.807, 2.05) is 6.92 Å². The van der Waals surface area contributed by atoms with Crippen LogP contribution in [0.25, 0.3) is 0 Å². The Bertz CT molecular complexity index is 206. The van der Waals surface area contributed by atoms with Gasteiger partial charge in [-0.25, -0.2) is 0 Å². The Labute approximate surface area is 121 Å². The van der Waals surface area contributed by atoms with Crippen LogP contribution in [0.4, 0.5) is 0 Å². The van der Waals surface area contributed by atoms with Crippen molar-refractivity contribution in [1.29, 1.82) is 0 Å². The maximum Gasteiger partial charge on any atom is 0.0880 e. The van der Waals surface area contributed by atoms with Crippen LogP contribution in [0.1, 0.15) is 97.8 Å². The van der Waals surface area contributed by atoms with Gasteiger partial charge < -0.3 is 5.11 Å². The number of unbranched alkanes of at least 4 members (excludes halogenated alkanes) is 9. The number of hydrogen-bond donors (Lipinski definition) is 1. The van der Waals surface area contributed by atoms with Crippen LogP contribution in [-0.2, 0) is 0 Å². The molecule has 0 unspecified atom stereocenters. The smallest absolute Gasteiger partial charge is 0.0880 e. The molecule has 0 spiro atoms. The predicted octanol–water partition coefficient (Wildman–Crippen LogP) is 6.79. The molecule has 0 aromatic rings. The van der Waals surface area contributed by atoms with Gasteiger partial charge >= 0.3 is 0 Å². The Hall–Kier alpha value is -0.460. The third-order valence-electron chi connectivity index (χ3n) is 3.80. The van der Waals surface area contributed by atoms with E-state index in [1.165, 1.54) is 64.2 Å². The highest BCUT2D eigenvalue weighted by molar-refractivity contribution is 4.86. The Morgan fingerprint density at radius 2 is 1.21 bits per heavy atom. The molecule has 0 aliphatic heterocycles. The van der Waals surface area contributed by atoms with Crippen LogP contribution >= 0.6 is 0 Å². The highest BCUT2D eigenvalue weighted by Crippen LogP contribution is 2.14. The maximum absolute atomic E-state index is 9.30. The van der Waals surface area contributed by atoms with Gasteiger partial charge in [-0.05, 0) is 25.3 Å². The van der Waals surface area contributed by atoms with Crippen molar-refractivity contribution in [2.24, 2.45) is 5.92 Å². The summed E-state index contributed by atoms with van der Waals surface area (Å²) in [4.78, 5) is 0. The zero-order valence-corrected chi connectivity index (χ0v) is 13.6. The van der Waals surface area contributed by atoms with Crippen molar-refractivity contribution in [2.45, 2.75) is 97.8 Å².